The standard InChI is InChI=1S/C34H38N/c1-22-26-11-9-10-12-27(26)31(34(5,6)7)18-28(22)32-19-30-25(21-35(32)8)16-15-24-14-13-23(17-29(24)30)20-33(2,3)4/h9-19,21H,20H2,1-8H3/q+1. The van der Waals surface area contributed by atoms with Gasteiger partial charge in [0.05, 0.1) is 0 Å². The highest BCUT2D eigenvalue weighted by Gasteiger charge is 2.23. The van der Waals surface area contributed by atoms with Crippen LogP contribution in [0.4, 0.5) is 0 Å². The summed E-state index contributed by atoms with van der Waals surface area (Å²) in [5.74, 6) is 0. The van der Waals surface area contributed by atoms with Gasteiger partial charge < -0.3 is 0 Å². The summed E-state index contributed by atoms with van der Waals surface area (Å²) in [6.45, 7) is 16.2. The van der Waals surface area contributed by atoms with Crippen LogP contribution < -0.4 is 4.57 Å². The smallest absolute Gasteiger partial charge is 0.200 e. The lowest BCUT2D eigenvalue weighted by atomic mass is 9.80. The van der Waals surface area contributed by atoms with E-state index in [2.05, 4.69) is 133 Å². The molecular formula is C34H38N+. The first-order chi connectivity index (χ1) is 16.4. The molecule has 4 aromatic carbocycles. The third-order valence-corrected chi connectivity index (χ3v) is 7.29. The molecule has 0 aliphatic heterocycles. The van der Waals surface area contributed by atoms with E-state index in [9.17, 15) is 0 Å². The fourth-order valence-corrected chi connectivity index (χ4v) is 5.59. The quantitative estimate of drug-likeness (QED) is 0.183. The van der Waals surface area contributed by atoms with Gasteiger partial charge in [0.1, 0.15) is 7.05 Å². The molecule has 0 aliphatic rings. The predicted molar refractivity (Wildman–Crippen MR) is 152 cm³/mol. The highest BCUT2D eigenvalue weighted by Crippen LogP contribution is 2.38. The molecule has 0 saturated heterocycles. The van der Waals surface area contributed by atoms with E-state index in [1.54, 1.807) is 0 Å². The number of rotatable bonds is 2. The molecule has 0 fully saturated rings. The van der Waals surface area contributed by atoms with Crippen LogP contribution in [-0.4, -0.2) is 0 Å². The van der Waals surface area contributed by atoms with E-state index < -0.39 is 0 Å². The third kappa shape index (κ3) is 4.33. The predicted octanol–water partition coefficient (Wildman–Crippen LogP) is 8.83. The number of nitrogens with zero attached hydrogens (tertiary/aromatic N) is 1. The van der Waals surface area contributed by atoms with Gasteiger partial charge in [-0.25, -0.2) is 4.57 Å². The zero-order chi connectivity index (χ0) is 25.1. The molecule has 1 aromatic heterocycles. The van der Waals surface area contributed by atoms with Crippen LogP contribution in [0.2, 0.25) is 0 Å². The van der Waals surface area contributed by atoms with Crippen molar-refractivity contribution in [3.8, 4) is 11.3 Å². The Bertz CT molecular complexity index is 1590. The minimum atomic E-state index is 0.0615. The molecule has 0 spiro atoms. The van der Waals surface area contributed by atoms with Crippen molar-refractivity contribution in [3.05, 3.63) is 89.6 Å². The molecule has 0 aliphatic carbocycles. The van der Waals surface area contributed by atoms with Crippen molar-refractivity contribution >= 4 is 32.3 Å². The molecule has 35 heavy (non-hydrogen) atoms. The van der Waals surface area contributed by atoms with Crippen molar-refractivity contribution in [2.24, 2.45) is 12.5 Å². The molecule has 0 atom stereocenters. The second-order valence-electron chi connectivity index (χ2n) is 12.5. The van der Waals surface area contributed by atoms with Crippen molar-refractivity contribution in [1.29, 1.82) is 0 Å². The maximum atomic E-state index is 2.44. The lowest BCUT2D eigenvalue weighted by Gasteiger charge is -2.24. The lowest BCUT2D eigenvalue weighted by Crippen LogP contribution is -2.31. The zero-order valence-corrected chi connectivity index (χ0v) is 22.6. The Balaban J connectivity index is 1.81. The first kappa shape index (κ1) is 23.5. The first-order valence-corrected chi connectivity index (χ1v) is 12.8. The SMILES string of the molecule is Cc1c(-c2cc3c(ccc4ccc(CC(C)(C)C)cc43)c[n+]2C)cc(C(C)(C)C)c2ccccc12. The summed E-state index contributed by atoms with van der Waals surface area (Å²) in [6.07, 6.45) is 3.37. The topological polar surface area (TPSA) is 3.88 Å². The van der Waals surface area contributed by atoms with Crippen LogP contribution in [-0.2, 0) is 18.9 Å². The molecule has 5 rings (SSSR count). The molecule has 178 valence electrons. The Hall–Kier alpha value is -3.19. The number of fused-ring (bicyclic) bond motifs is 4. The van der Waals surface area contributed by atoms with E-state index in [4.69, 9.17) is 0 Å². The second kappa shape index (κ2) is 8.19. The van der Waals surface area contributed by atoms with E-state index >= 15 is 0 Å². The number of aryl methyl sites for hydroxylation is 2. The largest absolute Gasteiger partial charge is 0.213 e. The molecule has 0 bridgehead atoms. The van der Waals surface area contributed by atoms with Crippen LogP contribution in [0.1, 0.15) is 58.2 Å². The van der Waals surface area contributed by atoms with Gasteiger partial charge in [-0.15, -0.1) is 0 Å². The Morgan fingerprint density at radius 1 is 0.686 bits per heavy atom. The fourth-order valence-electron chi connectivity index (χ4n) is 5.59. The number of hydrogen-bond acceptors (Lipinski definition) is 0. The molecule has 0 unspecified atom stereocenters. The minimum absolute atomic E-state index is 0.0615. The second-order valence-corrected chi connectivity index (χ2v) is 12.5. The van der Waals surface area contributed by atoms with E-state index in [0.29, 0.717) is 0 Å². The van der Waals surface area contributed by atoms with Crippen molar-refractivity contribution in [2.75, 3.05) is 0 Å². The molecule has 0 radical (unpaired) electrons. The summed E-state index contributed by atoms with van der Waals surface area (Å²) in [5.41, 5.74) is 7.06. The van der Waals surface area contributed by atoms with E-state index in [1.165, 1.54) is 60.3 Å². The summed E-state index contributed by atoms with van der Waals surface area (Å²) in [7, 11) is 2.18. The van der Waals surface area contributed by atoms with Crippen molar-refractivity contribution in [3.63, 3.8) is 0 Å². The monoisotopic (exact) mass is 460 g/mol. The molecule has 0 saturated carbocycles. The van der Waals surface area contributed by atoms with Crippen molar-refractivity contribution in [1.82, 2.24) is 0 Å². The van der Waals surface area contributed by atoms with Gasteiger partial charge in [0, 0.05) is 22.4 Å². The summed E-state index contributed by atoms with van der Waals surface area (Å²) in [5, 5.41) is 7.98. The Kier molecular flexibility index (Phi) is 5.51. The molecule has 5 aromatic rings. The summed E-state index contributed by atoms with van der Waals surface area (Å²) >= 11 is 0. The number of hydrogen-bond donors (Lipinski definition) is 0. The summed E-state index contributed by atoms with van der Waals surface area (Å²) < 4.78 is 2.30. The molecule has 1 nitrogen and oxygen atoms in total. The van der Waals surface area contributed by atoms with Gasteiger partial charge in [-0.1, -0.05) is 90.1 Å². The summed E-state index contributed by atoms with van der Waals surface area (Å²) in [6, 6.07) is 25.3. The molecule has 0 N–H and O–H groups in total. The highest BCUT2D eigenvalue weighted by molar-refractivity contribution is 6.08. The number of pyridine rings is 1. The minimum Gasteiger partial charge on any atom is -0.200 e. The fraction of sp³-hybridized carbons (Fsp3) is 0.324. The van der Waals surface area contributed by atoms with Crippen LogP contribution in [0, 0.1) is 12.3 Å². The van der Waals surface area contributed by atoms with Crippen LogP contribution in [0.25, 0.3) is 43.6 Å². The average Bonchev–Trinajstić information content (AvgIpc) is 2.77. The Morgan fingerprint density at radius 3 is 2.00 bits per heavy atom. The number of aromatic nitrogens is 1. The molecule has 0 amide bonds. The maximum absolute atomic E-state index is 2.44. The van der Waals surface area contributed by atoms with Gasteiger partial charge in [-0.2, -0.15) is 0 Å². The molecule has 1 heteroatoms. The number of benzene rings is 4. The molecule has 1 heterocycles. The summed E-state index contributed by atoms with van der Waals surface area (Å²) in [4.78, 5) is 0. The van der Waals surface area contributed by atoms with Crippen LogP contribution in [0.5, 0.6) is 0 Å². The highest BCUT2D eigenvalue weighted by atomic mass is 14.9. The van der Waals surface area contributed by atoms with Crippen molar-refractivity contribution < 1.29 is 4.57 Å². The normalized spacial score (nSPS) is 12.7. The Labute approximate surface area is 210 Å². The first-order valence-electron chi connectivity index (χ1n) is 12.8. The van der Waals surface area contributed by atoms with E-state index in [1.807, 2.05) is 0 Å². The van der Waals surface area contributed by atoms with Crippen LogP contribution in [0.3, 0.4) is 0 Å². The Morgan fingerprint density at radius 2 is 1.31 bits per heavy atom. The van der Waals surface area contributed by atoms with Gasteiger partial charge >= 0.3 is 0 Å². The molecular weight excluding hydrogens is 422 g/mol. The third-order valence-electron chi connectivity index (χ3n) is 7.29. The maximum Gasteiger partial charge on any atom is 0.213 e. The van der Waals surface area contributed by atoms with Crippen molar-refractivity contribution in [2.45, 2.75) is 60.3 Å². The van der Waals surface area contributed by atoms with Gasteiger partial charge in [0.25, 0.3) is 0 Å². The van der Waals surface area contributed by atoms with Gasteiger partial charge in [0.15, 0.2) is 6.20 Å². The average molecular weight is 461 g/mol. The van der Waals surface area contributed by atoms with E-state index in [-0.39, 0.29) is 10.8 Å². The van der Waals surface area contributed by atoms with Crippen LogP contribution >= 0.6 is 0 Å². The zero-order valence-electron chi connectivity index (χ0n) is 22.6. The van der Waals surface area contributed by atoms with Gasteiger partial charge in [-0.05, 0) is 74.5 Å². The lowest BCUT2D eigenvalue weighted by molar-refractivity contribution is -0.659. The van der Waals surface area contributed by atoms with Gasteiger partial charge in [0.2, 0.25) is 5.69 Å². The van der Waals surface area contributed by atoms with Gasteiger partial charge in [-0.3, -0.25) is 0 Å². The van der Waals surface area contributed by atoms with Crippen LogP contribution in [0.15, 0.2) is 72.9 Å². The van der Waals surface area contributed by atoms with E-state index in [0.717, 1.165) is 6.42 Å².